The van der Waals surface area contributed by atoms with E-state index in [0.717, 1.165) is 19.3 Å². The number of amides is 1. The zero-order chi connectivity index (χ0) is 46.4. The molecule has 14 heteroatoms. The number of hydrogen-bond donors (Lipinski definition) is 3. The summed E-state index contributed by atoms with van der Waals surface area (Å²) in [7, 11) is 4.53. The van der Waals surface area contributed by atoms with Crippen LogP contribution in [0.25, 0.3) is 0 Å². The molecule has 4 rings (SSSR count). The average molecular weight is 888 g/mol. The number of methoxy groups -OCH3 is 3. The minimum atomic E-state index is -2.40. The Morgan fingerprint density at radius 2 is 1.57 bits per heavy atom. The van der Waals surface area contributed by atoms with Crippen molar-refractivity contribution < 1.29 is 63.0 Å². The van der Waals surface area contributed by atoms with E-state index in [4.69, 9.17) is 23.7 Å². The monoisotopic (exact) mass is 888 g/mol. The normalized spacial score (nSPS) is 38.6. The van der Waals surface area contributed by atoms with Gasteiger partial charge in [-0.05, 0) is 108 Å². The predicted molar refractivity (Wildman–Crippen MR) is 236 cm³/mol. The predicted octanol–water partition coefficient (Wildman–Crippen LogP) is 5.77. The van der Waals surface area contributed by atoms with Gasteiger partial charge in [-0.3, -0.25) is 19.2 Å². The van der Waals surface area contributed by atoms with Gasteiger partial charge in [-0.15, -0.1) is 0 Å². The van der Waals surface area contributed by atoms with Crippen molar-refractivity contribution in [1.29, 1.82) is 0 Å². The van der Waals surface area contributed by atoms with Crippen LogP contribution in [0, 0.1) is 29.6 Å². The highest BCUT2D eigenvalue weighted by Crippen LogP contribution is 2.37. The van der Waals surface area contributed by atoms with Crippen LogP contribution in [0.4, 0.5) is 0 Å². The van der Waals surface area contributed by atoms with Gasteiger partial charge in [-0.2, -0.15) is 0 Å². The molecule has 63 heavy (non-hydrogen) atoms. The van der Waals surface area contributed by atoms with Crippen molar-refractivity contribution in [3.63, 3.8) is 0 Å². The van der Waals surface area contributed by atoms with E-state index in [9.17, 15) is 39.3 Å². The fourth-order valence-electron chi connectivity index (χ4n) is 9.70. The molecule has 4 aliphatic rings. The molecule has 3 fully saturated rings. The molecule has 14 atom stereocenters. The molecule has 0 radical (unpaired) electrons. The summed E-state index contributed by atoms with van der Waals surface area (Å²) < 4.78 is 29.1. The van der Waals surface area contributed by atoms with Gasteiger partial charge in [0.1, 0.15) is 30.1 Å². The van der Waals surface area contributed by atoms with Gasteiger partial charge in [0.25, 0.3) is 11.7 Å². The lowest BCUT2D eigenvalue weighted by atomic mass is 9.78. The van der Waals surface area contributed by atoms with Gasteiger partial charge in [-0.25, -0.2) is 4.79 Å². The molecule has 1 aliphatic carbocycles. The maximum Gasteiger partial charge on any atom is 0.329 e. The van der Waals surface area contributed by atoms with Crippen molar-refractivity contribution in [2.75, 3.05) is 27.9 Å². The van der Waals surface area contributed by atoms with E-state index in [0.29, 0.717) is 69.8 Å². The van der Waals surface area contributed by atoms with Crippen molar-refractivity contribution >= 4 is 29.2 Å². The van der Waals surface area contributed by atoms with Crippen LogP contribution in [0.15, 0.2) is 36.0 Å². The molecule has 356 valence electrons. The summed E-state index contributed by atoms with van der Waals surface area (Å²) in [5, 5.41) is 33.7. The second kappa shape index (κ2) is 25.0. The van der Waals surface area contributed by atoms with Crippen molar-refractivity contribution in [1.82, 2.24) is 4.90 Å². The van der Waals surface area contributed by atoms with Crippen LogP contribution < -0.4 is 0 Å². The van der Waals surface area contributed by atoms with Crippen LogP contribution in [-0.2, 0) is 47.7 Å². The fourth-order valence-corrected chi connectivity index (χ4v) is 9.70. The zero-order valence-electron chi connectivity index (χ0n) is 39.1. The van der Waals surface area contributed by atoms with Crippen molar-refractivity contribution in [3.05, 3.63) is 36.0 Å². The number of aliphatic hydroxyl groups is 3. The standard InChI is InChI=1S/C49H77NO13/c1-30-17-13-11-9-10-12-14-18-36(59-6)28-37-22-20-34(5)49(58,63-37)46(55)47(56)50-24-16-15-19-38(50)48(57)62-41(32(3)26-35-21-23-39(51)42(27-35)60-7)29-40(52)31(2)25-33(4)44(54)45(61-8)43(30)53/h9,11,14,18,25,30-32,34-39,41-42,44-45,51,54,58H,10,12-13,15-17,19-24,26-29H2,1-8H3/b11-9+,18-14+,33-25?/t30-,31-,32-,34-,35-,36-,37+,38+,39-,41+,42-,44-,45+,49-/m1/s1. The number of cyclic esters (lactones) is 1. The van der Waals surface area contributed by atoms with E-state index in [1.54, 1.807) is 41.1 Å². The highest BCUT2D eigenvalue weighted by atomic mass is 16.6. The van der Waals surface area contributed by atoms with Gasteiger partial charge >= 0.3 is 5.97 Å². The number of rotatable bonds is 6. The number of carbonyl (C=O) groups is 5. The smallest absolute Gasteiger partial charge is 0.329 e. The van der Waals surface area contributed by atoms with E-state index in [1.165, 1.54) is 12.0 Å². The first kappa shape index (κ1) is 52.5. The molecule has 0 aromatic heterocycles. The van der Waals surface area contributed by atoms with Crippen LogP contribution in [0.5, 0.6) is 0 Å². The van der Waals surface area contributed by atoms with Gasteiger partial charge in [0, 0.05) is 58.5 Å². The zero-order valence-corrected chi connectivity index (χ0v) is 39.1. The average Bonchev–Trinajstić information content (AvgIpc) is 3.27. The number of hydrogen-bond acceptors (Lipinski definition) is 13. The first-order chi connectivity index (χ1) is 29.9. The number of nitrogens with zero attached hydrogens (tertiary/aromatic N) is 1. The molecule has 2 saturated heterocycles. The minimum Gasteiger partial charge on any atom is -0.460 e. The Morgan fingerprint density at radius 3 is 2.27 bits per heavy atom. The number of allylic oxidation sites excluding steroid dienone is 4. The first-order valence-corrected chi connectivity index (χ1v) is 23.4. The lowest BCUT2D eigenvalue weighted by Crippen LogP contribution is -2.60. The van der Waals surface area contributed by atoms with Crippen LogP contribution in [0.1, 0.15) is 131 Å². The number of esters is 1. The molecule has 3 aliphatic heterocycles. The summed E-state index contributed by atoms with van der Waals surface area (Å²) in [4.78, 5) is 71.4. The van der Waals surface area contributed by atoms with Gasteiger partial charge in [0.2, 0.25) is 5.79 Å². The van der Waals surface area contributed by atoms with Crippen LogP contribution in [0.3, 0.4) is 0 Å². The number of Topliss-reactive ketones (excluding diaryl/α,β-unsaturated/α-hetero) is 3. The van der Waals surface area contributed by atoms with Crippen LogP contribution in [-0.4, -0.2) is 132 Å². The van der Waals surface area contributed by atoms with Gasteiger partial charge in [0.05, 0.1) is 24.4 Å². The number of ether oxygens (including phenoxy) is 5. The number of ketones is 3. The second-order valence-electron chi connectivity index (χ2n) is 18.8. The molecule has 3 N–H and O–H groups in total. The molecule has 2 bridgehead atoms. The Labute approximate surface area is 375 Å². The summed E-state index contributed by atoms with van der Waals surface area (Å²) in [6, 6.07) is -1.13. The maximum atomic E-state index is 14.3. The molecule has 0 spiro atoms. The lowest BCUT2D eigenvalue weighted by Gasteiger charge is -2.42. The van der Waals surface area contributed by atoms with E-state index in [2.05, 4.69) is 6.08 Å². The Balaban J connectivity index is 1.66. The van der Waals surface area contributed by atoms with E-state index >= 15 is 0 Å². The molecule has 0 aromatic rings. The molecule has 0 aromatic carbocycles. The highest BCUT2D eigenvalue weighted by molar-refractivity contribution is 6.39. The van der Waals surface area contributed by atoms with Crippen LogP contribution >= 0.6 is 0 Å². The third-order valence-electron chi connectivity index (χ3n) is 14.0. The summed E-state index contributed by atoms with van der Waals surface area (Å²) in [5.41, 5.74) is 0.397. The minimum absolute atomic E-state index is 0.0963. The molecule has 1 amide bonds. The van der Waals surface area contributed by atoms with E-state index in [1.807, 2.05) is 32.1 Å². The topological polar surface area (TPSA) is 195 Å². The molecule has 1 saturated carbocycles. The Morgan fingerprint density at radius 1 is 0.857 bits per heavy atom. The first-order valence-electron chi connectivity index (χ1n) is 23.4. The molecule has 14 nitrogen and oxygen atoms in total. The van der Waals surface area contributed by atoms with Crippen molar-refractivity contribution in [2.45, 2.75) is 185 Å². The molecular weight excluding hydrogens is 811 g/mol. The molecule has 3 heterocycles. The second-order valence-corrected chi connectivity index (χ2v) is 18.8. The Kier molecular flexibility index (Phi) is 20.8. The number of carbonyl (C=O) groups excluding carboxylic acids is 5. The van der Waals surface area contributed by atoms with Crippen molar-refractivity contribution in [3.8, 4) is 0 Å². The van der Waals surface area contributed by atoms with Gasteiger partial charge < -0.3 is 43.9 Å². The summed E-state index contributed by atoms with van der Waals surface area (Å²) >= 11 is 0. The Hall–Kier alpha value is -3.11. The molecule has 0 unspecified atom stereocenters. The number of piperidine rings is 1. The fraction of sp³-hybridized carbons (Fsp3) is 0.776. The van der Waals surface area contributed by atoms with Crippen molar-refractivity contribution in [2.24, 2.45) is 29.6 Å². The number of aliphatic hydroxyl groups excluding tert-OH is 2. The largest absolute Gasteiger partial charge is 0.460 e. The summed E-state index contributed by atoms with van der Waals surface area (Å²) in [6.07, 6.45) is 12.1. The Bertz CT molecular complexity index is 1630. The lowest BCUT2D eigenvalue weighted by molar-refractivity contribution is -0.265. The van der Waals surface area contributed by atoms with Gasteiger partial charge in [0.15, 0.2) is 5.78 Å². The van der Waals surface area contributed by atoms with Gasteiger partial charge in [-0.1, -0.05) is 58.1 Å². The summed E-state index contributed by atoms with van der Waals surface area (Å²) in [6.45, 7) is 8.84. The quantitative estimate of drug-likeness (QED) is 0.166. The third kappa shape index (κ3) is 14.2. The molecular formula is C49H77NO13. The summed E-state index contributed by atoms with van der Waals surface area (Å²) in [5.74, 6) is -7.81. The van der Waals surface area contributed by atoms with E-state index in [-0.39, 0.29) is 55.0 Å². The third-order valence-corrected chi connectivity index (χ3v) is 14.0. The maximum absolute atomic E-state index is 14.3. The highest BCUT2D eigenvalue weighted by Gasteiger charge is 2.53. The van der Waals surface area contributed by atoms with E-state index < -0.39 is 77.8 Å². The SMILES string of the molecule is CO[C@@H]1/C=C/CC/C=C/CC[C@@H](C)C(=O)[C@H](OC)[C@H](O)C(C)=C[C@@H](C)C(=O)C[C@@H]([C@H](C)C[C@H]2CC[C@@H](O)[C@H](OC)C2)OC(=O)[C@@H]2CCCCN2C(=O)C(=O)[C@]2(O)O[C@@H](CC[C@H]2C)C1. The van der Waals surface area contributed by atoms with Crippen LogP contribution in [0.2, 0.25) is 0 Å². The number of fused-ring (bicyclic) bond motifs is 3.